The van der Waals surface area contributed by atoms with Gasteiger partial charge in [0.2, 0.25) is 0 Å². The monoisotopic (exact) mass is 489 g/mol. The fourth-order valence-corrected chi connectivity index (χ4v) is 4.50. The Labute approximate surface area is 205 Å². The van der Waals surface area contributed by atoms with Crippen LogP contribution >= 0.6 is 0 Å². The number of phenolic OH excluding ortho intramolecular Hbond substituents is 1. The number of likely N-dealkylation sites (N-methyl/N-ethyl adjacent to an activating group) is 1. The predicted octanol–water partition coefficient (Wildman–Crippen LogP) is 4.27. The van der Waals surface area contributed by atoms with Crippen LogP contribution in [0.3, 0.4) is 0 Å². The van der Waals surface area contributed by atoms with Crippen molar-refractivity contribution in [3.05, 3.63) is 63.2 Å². The summed E-state index contributed by atoms with van der Waals surface area (Å²) in [4.78, 5) is 42.6. The zero-order valence-electron chi connectivity index (χ0n) is 20.8. The van der Waals surface area contributed by atoms with Crippen LogP contribution in [0.5, 0.6) is 5.75 Å². The molecule has 2 heterocycles. The Morgan fingerprint density at radius 2 is 1.72 bits per heavy atom. The lowest BCUT2D eigenvalue weighted by Gasteiger charge is -2.22. The van der Waals surface area contributed by atoms with Crippen molar-refractivity contribution in [2.45, 2.75) is 32.9 Å². The first kappa shape index (κ1) is 23.6. The Hall–Kier alpha value is -4.11. The summed E-state index contributed by atoms with van der Waals surface area (Å²) in [5.74, 6) is -0.0717. The van der Waals surface area contributed by atoms with E-state index >= 15 is 0 Å². The van der Waals surface area contributed by atoms with Crippen molar-refractivity contribution >= 4 is 49.8 Å². The Morgan fingerprint density at radius 3 is 2.42 bits per heavy atom. The van der Waals surface area contributed by atoms with E-state index in [0.29, 0.717) is 28.4 Å². The molecule has 0 atom stereocenters. The van der Waals surface area contributed by atoms with Gasteiger partial charge in [0.05, 0.1) is 16.3 Å². The average Bonchev–Trinajstić information content (AvgIpc) is 3.05. The van der Waals surface area contributed by atoms with Gasteiger partial charge < -0.3 is 19.2 Å². The van der Waals surface area contributed by atoms with Gasteiger partial charge in [-0.2, -0.15) is 0 Å². The van der Waals surface area contributed by atoms with Crippen LogP contribution in [0.15, 0.2) is 56.5 Å². The zero-order valence-corrected chi connectivity index (χ0v) is 20.8. The first-order valence-corrected chi connectivity index (χ1v) is 11.6. The number of carbonyl (C=O) groups excluding carboxylic acids is 1. The minimum absolute atomic E-state index is 0.0647. The van der Waals surface area contributed by atoms with Crippen molar-refractivity contribution < 1.29 is 19.1 Å². The Balaban J connectivity index is 2.05. The second-order valence-electron chi connectivity index (χ2n) is 10.1. The van der Waals surface area contributed by atoms with Crippen molar-refractivity contribution in [2.75, 3.05) is 20.6 Å². The van der Waals surface area contributed by atoms with E-state index in [2.05, 4.69) is 0 Å². The van der Waals surface area contributed by atoms with Gasteiger partial charge in [0.1, 0.15) is 16.9 Å². The van der Waals surface area contributed by atoms with Crippen molar-refractivity contribution in [3.8, 4) is 5.75 Å². The molecule has 3 aromatic carbocycles. The van der Waals surface area contributed by atoms with Gasteiger partial charge in [0, 0.05) is 23.9 Å². The minimum Gasteiger partial charge on any atom is -0.508 e. The molecule has 0 aliphatic carbocycles. The fraction of sp³-hybridized carbons (Fsp3) is 0.296. The van der Waals surface area contributed by atoms with Crippen LogP contribution in [0.4, 0.5) is 4.79 Å². The van der Waals surface area contributed by atoms with Crippen molar-refractivity contribution in [1.29, 1.82) is 0 Å². The molecule has 0 amide bonds. The van der Waals surface area contributed by atoms with E-state index in [0.717, 1.165) is 0 Å². The smallest absolute Gasteiger partial charge is 0.419 e. The van der Waals surface area contributed by atoms with Gasteiger partial charge in [-0.3, -0.25) is 14.2 Å². The van der Waals surface area contributed by atoms with E-state index in [1.807, 2.05) is 19.0 Å². The molecule has 0 radical (unpaired) electrons. The van der Waals surface area contributed by atoms with Crippen molar-refractivity contribution in [1.82, 2.24) is 14.0 Å². The molecular formula is C27H27N3O6. The molecule has 186 valence electrons. The molecule has 0 aliphatic heterocycles. The molecule has 5 aromatic rings. The number of fused-ring (bicyclic) bond motifs is 7. The summed E-state index contributed by atoms with van der Waals surface area (Å²) >= 11 is 0. The number of benzene rings is 3. The third-order valence-electron chi connectivity index (χ3n) is 6.03. The summed E-state index contributed by atoms with van der Waals surface area (Å²) in [6.07, 6.45) is -0.657. The van der Waals surface area contributed by atoms with Crippen molar-refractivity contribution in [2.24, 2.45) is 0 Å². The maximum absolute atomic E-state index is 13.6. The number of nitrogens with zero attached hydrogens (tertiary/aromatic N) is 3. The summed E-state index contributed by atoms with van der Waals surface area (Å²) in [7, 11) is 3.71. The van der Waals surface area contributed by atoms with Crippen LogP contribution in [0, 0.1) is 0 Å². The van der Waals surface area contributed by atoms with E-state index in [1.54, 1.807) is 51.1 Å². The number of aromatic nitrogens is 2. The SMILES string of the molecule is CN(C)CCn1c(=O)c2c3cc(O)ccc3c3c(oc4ccccc4n3C(=O)OC(C)(C)C)c2c1=O. The van der Waals surface area contributed by atoms with Crippen LogP contribution in [0.2, 0.25) is 0 Å². The van der Waals surface area contributed by atoms with Gasteiger partial charge >= 0.3 is 6.09 Å². The molecule has 0 bridgehead atoms. The minimum atomic E-state index is -0.788. The number of phenols is 1. The molecule has 0 spiro atoms. The van der Waals surface area contributed by atoms with E-state index in [-0.39, 0.29) is 34.2 Å². The van der Waals surface area contributed by atoms with E-state index in [4.69, 9.17) is 9.15 Å². The molecule has 0 saturated heterocycles. The molecule has 2 aromatic heterocycles. The molecule has 36 heavy (non-hydrogen) atoms. The summed E-state index contributed by atoms with van der Waals surface area (Å²) in [6, 6.07) is 11.4. The van der Waals surface area contributed by atoms with E-state index in [9.17, 15) is 19.5 Å². The number of carbonyl (C=O) groups is 1. The largest absolute Gasteiger partial charge is 0.508 e. The average molecular weight is 490 g/mol. The Morgan fingerprint density at radius 1 is 1.03 bits per heavy atom. The molecular weight excluding hydrogens is 462 g/mol. The maximum Gasteiger partial charge on any atom is 0.419 e. The van der Waals surface area contributed by atoms with Crippen LogP contribution in [-0.4, -0.2) is 51.5 Å². The lowest BCUT2D eigenvalue weighted by atomic mass is 10.0. The van der Waals surface area contributed by atoms with Crippen molar-refractivity contribution in [3.63, 3.8) is 0 Å². The van der Waals surface area contributed by atoms with E-state index in [1.165, 1.54) is 21.3 Å². The summed E-state index contributed by atoms with van der Waals surface area (Å²) in [5, 5.41) is 11.3. The predicted molar refractivity (Wildman–Crippen MR) is 139 cm³/mol. The highest BCUT2D eigenvalue weighted by atomic mass is 16.6. The van der Waals surface area contributed by atoms with Crippen LogP contribution in [0.1, 0.15) is 20.8 Å². The lowest BCUT2D eigenvalue weighted by molar-refractivity contribution is 0.0550. The quantitative estimate of drug-likeness (QED) is 0.298. The number of para-hydroxylation sites is 2. The molecule has 0 saturated carbocycles. The van der Waals surface area contributed by atoms with Gasteiger partial charge in [0.15, 0.2) is 11.2 Å². The topological polar surface area (TPSA) is 107 Å². The van der Waals surface area contributed by atoms with E-state index < -0.39 is 22.8 Å². The standard InChI is InChI=1S/C27H27N3O6/c1-27(2,3)36-26(34)30-18-8-6-7-9-19(18)35-23-21-20(17-14-15(31)10-11-16(17)22(23)30)24(32)29(25(21)33)13-12-28(4)5/h6-11,14,31H,12-13H2,1-5H3. The van der Waals surface area contributed by atoms with Gasteiger partial charge in [-0.05, 0) is 65.2 Å². The molecule has 9 heteroatoms. The maximum atomic E-state index is 13.6. The number of aromatic hydroxyl groups is 1. The second-order valence-corrected chi connectivity index (χ2v) is 10.1. The summed E-state index contributed by atoms with van der Waals surface area (Å²) in [6.45, 7) is 5.96. The molecule has 5 rings (SSSR count). The Bertz CT molecular complexity index is 1800. The van der Waals surface area contributed by atoms with Crippen LogP contribution in [-0.2, 0) is 11.3 Å². The highest BCUT2D eigenvalue weighted by molar-refractivity contribution is 6.24. The highest BCUT2D eigenvalue weighted by Gasteiger charge is 2.27. The zero-order chi connectivity index (χ0) is 25.9. The second kappa shape index (κ2) is 8.23. The molecule has 0 fully saturated rings. The van der Waals surface area contributed by atoms with Gasteiger partial charge in [-0.15, -0.1) is 0 Å². The Kier molecular flexibility index (Phi) is 5.40. The number of hydrogen-bond donors (Lipinski definition) is 1. The highest BCUT2D eigenvalue weighted by Crippen LogP contribution is 2.37. The summed E-state index contributed by atoms with van der Waals surface area (Å²) in [5.41, 5.74) is -0.587. The molecule has 1 N–H and O–H groups in total. The third kappa shape index (κ3) is 3.72. The lowest BCUT2D eigenvalue weighted by Crippen LogP contribution is -2.30. The van der Waals surface area contributed by atoms with Crippen LogP contribution in [0.25, 0.3) is 43.7 Å². The normalized spacial score (nSPS) is 12.4. The molecule has 0 aliphatic rings. The first-order chi connectivity index (χ1) is 17.0. The molecule has 0 unspecified atom stereocenters. The third-order valence-corrected chi connectivity index (χ3v) is 6.03. The summed E-state index contributed by atoms with van der Waals surface area (Å²) < 4.78 is 14.5. The number of ether oxygens (including phenoxy) is 1. The van der Waals surface area contributed by atoms with Gasteiger partial charge in [-0.1, -0.05) is 12.1 Å². The first-order valence-electron chi connectivity index (χ1n) is 11.6. The van der Waals surface area contributed by atoms with Gasteiger partial charge in [0.25, 0.3) is 11.1 Å². The van der Waals surface area contributed by atoms with Crippen LogP contribution < -0.4 is 11.1 Å². The number of hydrogen-bond acceptors (Lipinski definition) is 7. The molecule has 9 nitrogen and oxygen atoms in total. The number of rotatable bonds is 3. The van der Waals surface area contributed by atoms with Gasteiger partial charge in [-0.25, -0.2) is 9.36 Å². The fourth-order valence-electron chi connectivity index (χ4n) is 4.50.